The Morgan fingerprint density at radius 3 is 1.36 bits per heavy atom. The zero-order valence-electron chi connectivity index (χ0n) is 23.0. The van der Waals surface area contributed by atoms with Gasteiger partial charge in [0.25, 0.3) is 0 Å². The summed E-state index contributed by atoms with van der Waals surface area (Å²) in [5.74, 6) is -0.0802. The highest BCUT2D eigenvalue weighted by Crippen LogP contribution is 2.58. The predicted octanol–water partition coefficient (Wildman–Crippen LogP) is 6.44. The minimum atomic E-state index is -2.40. The van der Waals surface area contributed by atoms with E-state index in [9.17, 15) is 8.78 Å². The summed E-state index contributed by atoms with van der Waals surface area (Å²) in [6.45, 7) is 0. The van der Waals surface area contributed by atoms with Gasteiger partial charge in [0.2, 0.25) is 0 Å². The lowest BCUT2D eigenvalue weighted by atomic mass is 9.93. The maximum atomic E-state index is 14.2. The predicted molar refractivity (Wildman–Crippen MR) is 168 cm³/mol. The average Bonchev–Trinajstić information content (AvgIpc) is 3.47. The molecule has 0 aliphatic heterocycles. The van der Waals surface area contributed by atoms with E-state index >= 15 is 0 Å². The highest BCUT2D eigenvalue weighted by atomic mass is 31.2. The number of halogens is 2. The fraction of sp³-hybridized carbons (Fsp3) is 0.0571. The molecule has 0 radical (unpaired) electrons. The van der Waals surface area contributed by atoms with Crippen LogP contribution < -0.4 is 15.9 Å². The zero-order valence-corrected chi connectivity index (χ0v) is 23.9. The lowest BCUT2D eigenvalue weighted by Gasteiger charge is -2.29. The van der Waals surface area contributed by atoms with E-state index in [1.807, 2.05) is 25.2 Å². The second-order valence-electron chi connectivity index (χ2n) is 9.97. The second-order valence-corrected chi connectivity index (χ2v) is 13.5. The molecule has 42 heavy (non-hydrogen) atoms. The monoisotopic (exact) mass is 573 g/mol. The van der Waals surface area contributed by atoms with Crippen LogP contribution in [0.3, 0.4) is 0 Å². The second kappa shape index (κ2) is 12.0. The van der Waals surface area contributed by atoms with Gasteiger partial charge in [-0.3, -0.25) is 0 Å². The van der Waals surface area contributed by atoms with Gasteiger partial charge in [-0.15, -0.1) is 5.10 Å². The minimum Gasteiger partial charge on any atom is -0.229 e. The first-order valence-electron chi connectivity index (χ1n) is 13.6. The molecule has 0 bridgehead atoms. The van der Waals surface area contributed by atoms with E-state index < -0.39 is 7.26 Å². The molecule has 0 aliphatic rings. The molecule has 0 unspecified atom stereocenters. The molecule has 6 rings (SSSR count). The Bertz CT molecular complexity index is 1660. The third-order valence-corrected chi connectivity index (χ3v) is 11.8. The zero-order chi connectivity index (χ0) is 28.9. The molecule has 0 amide bonds. The quantitative estimate of drug-likeness (QED) is 0.197. The van der Waals surface area contributed by atoms with Crippen LogP contribution in [-0.4, -0.2) is 26.4 Å². The first kappa shape index (κ1) is 27.4. The number of aryl methyl sites for hydroxylation is 1. The standard InChI is InChI=1S/C35H28F2N4P/c1-41-35(38-39-40-41)33(34(26-17-21-28(36)22-18-26)27-19-23-29(37)24-20-27)25-42(30-11-5-2-6-12-30,31-13-7-3-8-14-31)32-15-9-4-10-16-32/h2-24H,25H2,1H3/q+1. The lowest BCUT2D eigenvalue weighted by Crippen LogP contribution is -2.34. The van der Waals surface area contributed by atoms with Crippen molar-refractivity contribution >= 4 is 34.3 Å². The van der Waals surface area contributed by atoms with Crippen molar-refractivity contribution in [3.63, 3.8) is 0 Å². The van der Waals surface area contributed by atoms with Crippen molar-refractivity contribution in [2.45, 2.75) is 0 Å². The fourth-order valence-electron chi connectivity index (χ4n) is 5.50. The topological polar surface area (TPSA) is 43.6 Å². The molecule has 0 atom stereocenters. The molecule has 0 fully saturated rings. The molecular formula is C35H28F2N4P+. The molecule has 0 N–H and O–H groups in total. The van der Waals surface area contributed by atoms with Crippen LogP contribution in [0.5, 0.6) is 0 Å². The maximum absolute atomic E-state index is 14.2. The highest BCUT2D eigenvalue weighted by Gasteiger charge is 2.47. The molecular weight excluding hydrogens is 545 g/mol. The van der Waals surface area contributed by atoms with E-state index in [1.165, 1.54) is 40.2 Å². The number of rotatable bonds is 8. The SMILES string of the molecule is Cn1nnnc1C(C[P+](c1ccccc1)(c1ccccc1)c1ccccc1)=C(c1ccc(F)cc1)c1ccc(F)cc1. The Morgan fingerprint density at radius 1 is 0.595 bits per heavy atom. The third-order valence-electron chi connectivity index (χ3n) is 7.44. The molecule has 1 aromatic heterocycles. The molecule has 206 valence electrons. The van der Waals surface area contributed by atoms with Crippen LogP contribution in [-0.2, 0) is 7.05 Å². The van der Waals surface area contributed by atoms with Crippen LogP contribution in [0, 0.1) is 11.6 Å². The molecule has 5 aromatic carbocycles. The van der Waals surface area contributed by atoms with E-state index in [2.05, 4.69) is 88.3 Å². The normalized spacial score (nSPS) is 11.3. The van der Waals surface area contributed by atoms with E-state index in [0.29, 0.717) is 12.0 Å². The molecule has 1 heterocycles. The smallest absolute Gasteiger partial charge is 0.182 e. The van der Waals surface area contributed by atoms with Gasteiger partial charge in [0.15, 0.2) is 5.82 Å². The minimum absolute atomic E-state index is 0.334. The Labute approximate surface area is 244 Å². The van der Waals surface area contributed by atoms with Gasteiger partial charge in [-0.2, -0.15) is 0 Å². The summed E-state index contributed by atoms with van der Waals surface area (Å²) in [7, 11) is -0.584. The number of hydrogen-bond donors (Lipinski definition) is 0. The van der Waals surface area contributed by atoms with Crippen molar-refractivity contribution in [1.29, 1.82) is 0 Å². The molecule has 0 aliphatic carbocycles. The van der Waals surface area contributed by atoms with E-state index in [0.717, 1.165) is 22.3 Å². The first-order chi connectivity index (χ1) is 20.6. The molecule has 0 saturated carbocycles. The van der Waals surface area contributed by atoms with Crippen molar-refractivity contribution in [2.24, 2.45) is 7.05 Å². The maximum Gasteiger partial charge on any atom is 0.182 e. The van der Waals surface area contributed by atoms with Gasteiger partial charge in [0.05, 0.1) is 0 Å². The summed E-state index contributed by atoms with van der Waals surface area (Å²) >= 11 is 0. The number of aromatic nitrogens is 4. The van der Waals surface area contributed by atoms with Gasteiger partial charge in [-0.1, -0.05) is 78.9 Å². The Kier molecular flexibility index (Phi) is 7.81. The summed E-state index contributed by atoms with van der Waals surface area (Å²) in [5, 5.41) is 16.3. The Hall–Kier alpha value is -4.80. The van der Waals surface area contributed by atoms with E-state index in [-0.39, 0.29) is 11.6 Å². The van der Waals surface area contributed by atoms with Crippen LogP contribution in [0.4, 0.5) is 8.78 Å². The lowest BCUT2D eigenvalue weighted by molar-refractivity contribution is 0.627. The first-order valence-corrected chi connectivity index (χ1v) is 15.6. The number of nitrogens with zero attached hydrogens (tertiary/aromatic N) is 4. The molecule has 0 saturated heterocycles. The van der Waals surface area contributed by atoms with Gasteiger partial charge >= 0.3 is 0 Å². The number of benzene rings is 5. The number of allylic oxidation sites excluding steroid dienone is 1. The van der Waals surface area contributed by atoms with Crippen LogP contribution in [0.15, 0.2) is 140 Å². The molecule has 0 spiro atoms. The molecule has 6 aromatic rings. The summed E-state index contributed by atoms with van der Waals surface area (Å²) in [4.78, 5) is 0. The summed E-state index contributed by atoms with van der Waals surface area (Å²) < 4.78 is 30.0. The van der Waals surface area contributed by atoms with Crippen LogP contribution in [0.25, 0.3) is 11.1 Å². The highest BCUT2D eigenvalue weighted by molar-refractivity contribution is 7.96. The summed E-state index contributed by atoms with van der Waals surface area (Å²) in [6.07, 6.45) is 0.559. The van der Waals surface area contributed by atoms with Gasteiger partial charge in [-0.25, -0.2) is 13.5 Å². The fourth-order valence-corrected chi connectivity index (χ4v) is 9.76. The largest absolute Gasteiger partial charge is 0.229 e. The van der Waals surface area contributed by atoms with E-state index in [4.69, 9.17) is 0 Å². The number of hydrogen-bond acceptors (Lipinski definition) is 3. The van der Waals surface area contributed by atoms with Crippen molar-refractivity contribution in [3.8, 4) is 0 Å². The van der Waals surface area contributed by atoms with Crippen LogP contribution in [0.1, 0.15) is 17.0 Å². The van der Waals surface area contributed by atoms with Gasteiger partial charge < -0.3 is 0 Å². The van der Waals surface area contributed by atoms with Gasteiger partial charge in [0.1, 0.15) is 41.0 Å². The Morgan fingerprint density at radius 2 is 1.00 bits per heavy atom. The van der Waals surface area contributed by atoms with E-state index in [1.54, 1.807) is 28.9 Å². The van der Waals surface area contributed by atoms with Crippen molar-refractivity contribution in [2.75, 3.05) is 6.16 Å². The summed E-state index contributed by atoms with van der Waals surface area (Å²) in [5.41, 5.74) is 3.27. The summed E-state index contributed by atoms with van der Waals surface area (Å²) in [6, 6.07) is 44.5. The van der Waals surface area contributed by atoms with Crippen LogP contribution >= 0.6 is 7.26 Å². The van der Waals surface area contributed by atoms with Crippen molar-refractivity contribution in [1.82, 2.24) is 20.2 Å². The van der Waals surface area contributed by atoms with Crippen molar-refractivity contribution in [3.05, 3.63) is 168 Å². The van der Waals surface area contributed by atoms with Gasteiger partial charge in [-0.05, 0) is 87.8 Å². The van der Waals surface area contributed by atoms with Gasteiger partial charge in [0, 0.05) is 12.6 Å². The number of tetrazole rings is 1. The molecule has 7 heteroatoms. The Balaban J connectivity index is 1.74. The third kappa shape index (κ3) is 5.29. The average molecular weight is 574 g/mol. The molecule has 4 nitrogen and oxygen atoms in total. The van der Waals surface area contributed by atoms with Crippen molar-refractivity contribution < 1.29 is 8.78 Å². The van der Waals surface area contributed by atoms with Crippen LogP contribution in [0.2, 0.25) is 0 Å².